The molecule has 1 N–H and O–H groups in total. The second-order valence-electron chi connectivity index (χ2n) is 9.54. The highest BCUT2D eigenvalue weighted by Gasteiger charge is 2.50. The fourth-order valence-corrected chi connectivity index (χ4v) is 5.14. The van der Waals surface area contributed by atoms with Crippen LogP contribution in [-0.4, -0.2) is 33.2 Å². The fourth-order valence-electron chi connectivity index (χ4n) is 4.97. The Morgan fingerprint density at radius 3 is 2.61 bits per heavy atom. The van der Waals surface area contributed by atoms with Crippen LogP contribution in [0.1, 0.15) is 79.5 Å². The van der Waals surface area contributed by atoms with Crippen LogP contribution in [0.15, 0.2) is 24.3 Å². The zero-order valence-corrected chi connectivity index (χ0v) is 18.9. The quantitative estimate of drug-likeness (QED) is 0.756. The minimum atomic E-state index is -1.09. The third-order valence-electron chi connectivity index (χ3n) is 7.01. The maximum atomic E-state index is 13.8. The van der Waals surface area contributed by atoms with Gasteiger partial charge in [-0.15, -0.1) is 0 Å². The zero-order valence-electron chi connectivity index (χ0n) is 18.2. The van der Waals surface area contributed by atoms with E-state index in [4.69, 9.17) is 16.7 Å². The standard InChI is InChI=1S/C24H29ClN4O2/c1-15-8-11-17(25)12-20(15)29-22(30)21-13-19(16-9-10-16)27-28(21)14-24(29,2)23(31)26-18-6-4-3-5-7-18/h8,11-13,16,18H,3-7,9-10,14H2,1-2H3,(H,26,31)/t24-/m0/s1. The van der Waals surface area contributed by atoms with Crippen LogP contribution in [0, 0.1) is 6.92 Å². The highest BCUT2D eigenvalue weighted by molar-refractivity contribution is 6.31. The summed E-state index contributed by atoms with van der Waals surface area (Å²) in [7, 11) is 0. The maximum absolute atomic E-state index is 13.8. The Morgan fingerprint density at radius 2 is 1.90 bits per heavy atom. The number of nitrogens with one attached hydrogen (secondary N) is 1. The molecule has 0 bridgehead atoms. The van der Waals surface area contributed by atoms with Gasteiger partial charge < -0.3 is 5.32 Å². The summed E-state index contributed by atoms with van der Waals surface area (Å²) in [4.78, 5) is 29.1. The van der Waals surface area contributed by atoms with Gasteiger partial charge in [0.05, 0.1) is 12.2 Å². The van der Waals surface area contributed by atoms with Gasteiger partial charge >= 0.3 is 0 Å². The van der Waals surface area contributed by atoms with E-state index >= 15 is 0 Å². The number of hydrogen-bond acceptors (Lipinski definition) is 3. The van der Waals surface area contributed by atoms with E-state index in [-0.39, 0.29) is 17.9 Å². The van der Waals surface area contributed by atoms with E-state index in [9.17, 15) is 9.59 Å². The fraction of sp³-hybridized carbons (Fsp3) is 0.542. The molecule has 5 rings (SSSR count). The molecule has 2 amide bonds. The van der Waals surface area contributed by atoms with Gasteiger partial charge in [0.2, 0.25) is 5.91 Å². The lowest BCUT2D eigenvalue weighted by atomic mass is 9.90. The molecule has 1 aliphatic heterocycles. The number of carbonyl (C=O) groups excluding carboxylic acids is 2. The first-order valence-corrected chi connectivity index (χ1v) is 11.7. The first kappa shape index (κ1) is 20.6. The lowest BCUT2D eigenvalue weighted by Crippen LogP contribution is -2.65. The number of anilines is 1. The van der Waals surface area contributed by atoms with Gasteiger partial charge in [-0.05, 0) is 63.3 Å². The minimum Gasteiger partial charge on any atom is -0.351 e. The summed E-state index contributed by atoms with van der Waals surface area (Å²) >= 11 is 6.31. The molecular weight excluding hydrogens is 412 g/mol. The summed E-state index contributed by atoms with van der Waals surface area (Å²) in [5.41, 5.74) is 2.00. The number of hydrogen-bond donors (Lipinski definition) is 1. The van der Waals surface area contributed by atoms with E-state index in [1.165, 1.54) is 6.42 Å². The second-order valence-corrected chi connectivity index (χ2v) is 9.98. The molecule has 0 spiro atoms. The van der Waals surface area contributed by atoms with Crippen LogP contribution >= 0.6 is 11.6 Å². The van der Waals surface area contributed by atoms with Gasteiger partial charge in [0, 0.05) is 22.7 Å². The largest absolute Gasteiger partial charge is 0.351 e. The van der Waals surface area contributed by atoms with Gasteiger partial charge in [0.25, 0.3) is 5.91 Å². The van der Waals surface area contributed by atoms with Gasteiger partial charge in [-0.3, -0.25) is 19.2 Å². The molecule has 31 heavy (non-hydrogen) atoms. The van der Waals surface area contributed by atoms with Crippen LogP contribution in [0.3, 0.4) is 0 Å². The lowest BCUT2D eigenvalue weighted by molar-refractivity contribution is -0.127. The molecule has 0 unspecified atom stereocenters. The summed E-state index contributed by atoms with van der Waals surface area (Å²) in [6, 6.07) is 7.56. The van der Waals surface area contributed by atoms with E-state index < -0.39 is 5.54 Å². The summed E-state index contributed by atoms with van der Waals surface area (Å²) in [6.07, 6.45) is 7.69. The van der Waals surface area contributed by atoms with Gasteiger partial charge in [-0.2, -0.15) is 5.10 Å². The van der Waals surface area contributed by atoms with Gasteiger partial charge in [-0.25, -0.2) is 0 Å². The third-order valence-corrected chi connectivity index (χ3v) is 7.24. The first-order chi connectivity index (χ1) is 14.9. The number of fused-ring (bicyclic) bond motifs is 1. The molecule has 164 valence electrons. The summed E-state index contributed by atoms with van der Waals surface area (Å²) in [5.74, 6) is 0.119. The van der Waals surface area contributed by atoms with E-state index in [0.29, 0.717) is 28.9 Å². The van der Waals surface area contributed by atoms with Crippen molar-refractivity contribution >= 4 is 29.1 Å². The number of rotatable bonds is 4. The van der Waals surface area contributed by atoms with Gasteiger partial charge in [0.15, 0.2) is 0 Å². The summed E-state index contributed by atoms with van der Waals surface area (Å²) in [6.45, 7) is 4.12. The Morgan fingerprint density at radius 1 is 1.16 bits per heavy atom. The van der Waals surface area contributed by atoms with Crippen molar-refractivity contribution in [3.8, 4) is 0 Å². The average molecular weight is 441 g/mol. The Bertz CT molecular complexity index is 1040. The van der Waals surface area contributed by atoms with Crippen molar-refractivity contribution in [2.24, 2.45) is 0 Å². The maximum Gasteiger partial charge on any atom is 0.277 e. The van der Waals surface area contributed by atoms with Crippen LogP contribution in [-0.2, 0) is 11.3 Å². The molecular formula is C24H29ClN4O2. The highest BCUT2D eigenvalue weighted by atomic mass is 35.5. The number of benzene rings is 1. The molecule has 2 aromatic rings. The zero-order chi connectivity index (χ0) is 21.8. The topological polar surface area (TPSA) is 67.2 Å². The van der Waals surface area contributed by atoms with Crippen molar-refractivity contribution in [1.29, 1.82) is 0 Å². The average Bonchev–Trinajstić information content (AvgIpc) is 3.51. The number of carbonyl (C=O) groups is 2. The molecule has 6 nitrogen and oxygen atoms in total. The molecule has 2 fully saturated rings. The van der Waals surface area contributed by atoms with Crippen molar-refractivity contribution in [2.75, 3.05) is 4.90 Å². The molecule has 3 aliphatic rings. The molecule has 1 aromatic heterocycles. The molecule has 2 heterocycles. The smallest absolute Gasteiger partial charge is 0.277 e. The summed E-state index contributed by atoms with van der Waals surface area (Å²) in [5, 5.41) is 8.51. The summed E-state index contributed by atoms with van der Waals surface area (Å²) < 4.78 is 1.74. The van der Waals surface area contributed by atoms with Crippen LogP contribution in [0.25, 0.3) is 0 Å². The van der Waals surface area contributed by atoms with Crippen LogP contribution < -0.4 is 10.2 Å². The molecule has 7 heteroatoms. The molecule has 0 saturated heterocycles. The Kier molecular flexibility index (Phi) is 5.08. The Balaban J connectivity index is 1.57. The second kappa shape index (κ2) is 7.66. The SMILES string of the molecule is Cc1ccc(Cl)cc1N1C(=O)c2cc(C3CC3)nn2C[C@@]1(C)C(=O)NC1CCCCC1. The number of aromatic nitrogens is 2. The van der Waals surface area contributed by atoms with Crippen molar-refractivity contribution in [3.05, 3.63) is 46.2 Å². The number of aryl methyl sites for hydroxylation is 1. The van der Waals surface area contributed by atoms with Crippen molar-refractivity contribution < 1.29 is 9.59 Å². The molecule has 0 radical (unpaired) electrons. The number of nitrogens with zero attached hydrogens (tertiary/aromatic N) is 3. The van der Waals surface area contributed by atoms with Crippen LogP contribution in [0.5, 0.6) is 0 Å². The molecule has 1 atom stereocenters. The normalized spacial score (nSPS) is 24.2. The third kappa shape index (κ3) is 3.65. The Hall–Kier alpha value is -2.34. The highest BCUT2D eigenvalue weighted by Crippen LogP contribution is 2.42. The van der Waals surface area contributed by atoms with E-state index in [1.807, 2.05) is 32.0 Å². The first-order valence-electron chi connectivity index (χ1n) is 11.4. The molecule has 2 saturated carbocycles. The van der Waals surface area contributed by atoms with Gasteiger partial charge in [0.1, 0.15) is 11.2 Å². The van der Waals surface area contributed by atoms with E-state index in [1.54, 1.807) is 15.6 Å². The predicted molar refractivity (Wildman–Crippen MR) is 121 cm³/mol. The predicted octanol–water partition coefficient (Wildman–Crippen LogP) is 4.59. The van der Waals surface area contributed by atoms with E-state index in [0.717, 1.165) is 49.8 Å². The van der Waals surface area contributed by atoms with Crippen LogP contribution in [0.2, 0.25) is 5.02 Å². The minimum absolute atomic E-state index is 0.124. The number of amides is 2. The monoisotopic (exact) mass is 440 g/mol. The van der Waals surface area contributed by atoms with Crippen molar-refractivity contribution in [2.45, 2.75) is 82.8 Å². The van der Waals surface area contributed by atoms with Crippen molar-refractivity contribution in [3.63, 3.8) is 0 Å². The Labute approximate surface area is 187 Å². The molecule has 1 aromatic carbocycles. The lowest BCUT2D eigenvalue weighted by Gasteiger charge is -2.44. The van der Waals surface area contributed by atoms with Crippen molar-refractivity contribution in [1.82, 2.24) is 15.1 Å². The van der Waals surface area contributed by atoms with Crippen LogP contribution in [0.4, 0.5) is 5.69 Å². The van der Waals surface area contributed by atoms with E-state index in [2.05, 4.69) is 5.32 Å². The molecule has 2 aliphatic carbocycles. The van der Waals surface area contributed by atoms with Gasteiger partial charge in [-0.1, -0.05) is 36.9 Å². The number of halogens is 1.